The van der Waals surface area contributed by atoms with Crippen molar-refractivity contribution in [2.45, 2.75) is 26.3 Å². The lowest BCUT2D eigenvalue weighted by atomic mass is 9.98. The van der Waals surface area contributed by atoms with Crippen LogP contribution in [-0.4, -0.2) is 27.3 Å². The minimum atomic E-state index is -0.506. The summed E-state index contributed by atoms with van der Waals surface area (Å²) >= 11 is 6.03. The van der Waals surface area contributed by atoms with Crippen molar-refractivity contribution in [1.29, 1.82) is 0 Å². The van der Waals surface area contributed by atoms with Crippen molar-refractivity contribution in [2.24, 2.45) is 0 Å². The van der Waals surface area contributed by atoms with E-state index in [9.17, 15) is 9.18 Å². The van der Waals surface area contributed by atoms with E-state index in [0.717, 1.165) is 34.8 Å². The van der Waals surface area contributed by atoms with Gasteiger partial charge in [-0.25, -0.2) is 14.4 Å². The van der Waals surface area contributed by atoms with Gasteiger partial charge in [0.1, 0.15) is 11.6 Å². The third-order valence-corrected chi connectivity index (χ3v) is 5.18. The Hall–Kier alpha value is -2.79. The Labute approximate surface area is 168 Å². The fourth-order valence-corrected chi connectivity index (χ4v) is 3.57. The Morgan fingerprint density at radius 1 is 1.14 bits per heavy atom. The van der Waals surface area contributed by atoms with Crippen molar-refractivity contribution in [3.63, 3.8) is 0 Å². The molecule has 0 fully saturated rings. The van der Waals surface area contributed by atoms with Crippen molar-refractivity contribution in [3.8, 4) is 11.3 Å². The van der Waals surface area contributed by atoms with Gasteiger partial charge in [0.05, 0.1) is 17.0 Å². The molecule has 6 heteroatoms. The number of carbonyl (C=O) groups excluding carboxylic acids is 1. The normalized spacial score (nSPS) is 13.3. The van der Waals surface area contributed by atoms with Crippen LogP contribution in [0.2, 0.25) is 5.02 Å². The maximum Gasteiger partial charge on any atom is 0.257 e. The first-order valence-corrected chi connectivity index (χ1v) is 9.63. The Morgan fingerprint density at radius 2 is 1.89 bits per heavy atom. The van der Waals surface area contributed by atoms with Crippen LogP contribution in [-0.2, 0) is 19.4 Å². The monoisotopic (exact) mass is 395 g/mol. The number of nitrogens with zero attached hydrogens (tertiary/aromatic N) is 3. The Morgan fingerprint density at radius 3 is 2.61 bits per heavy atom. The molecule has 4 rings (SSSR count). The number of aryl methyl sites for hydroxylation is 1. The number of aromatic nitrogens is 2. The van der Waals surface area contributed by atoms with Crippen molar-refractivity contribution in [3.05, 3.63) is 82.0 Å². The van der Waals surface area contributed by atoms with Crippen LogP contribution in [0.1, 0.15) is 34.4 Å². The second-order valence-electron chi connectivity index (χ2n) is 6.73. The third kappa shape index (κ3) is 3.50. The molecule has 2 aromatic carbocycles. The third-order valence-electron chi connectivity index (χ3n) is 4.93. The molecule has 1 aliphatic rings. The topological polar surface area (TPSA) is 46.1 Å². The number of hydrogen-bond donors (Lipinski definition) is 0. The number of fused-ring (bicyclic) bond motifs is 1. The van der Waals surface area contributed by atoms with Gasteiger partial charge in [-0.1, -0.05) is 42.8 Å². The molecule has 2 heterocycles. The van der Waals surface area contributed by atoms with Crippen LogP contribution in [0.25, 0.3) is 11.3 Å². The average molecular weight is 396 g/mol. The van der Waals surface area contributed by atoms with E-state index in [1.807, 2.05) is 31.2 Å². The highest BCUT2D eigenvalue weighted by Crippen LogP contribution is 2.30. The first-order chi connectivity index (χ1) is 13.6. The number of halogens is 2. The van der Waals surface area contributed by atoms with Gasteiger partial charge in [-0.2, -0.15) is 0 Å². The molecule has 0 radical (unpaired) electrons. The van der Waals surface area contributed by atoms with Crippen LogP contribution in [0.15, 0.2) is 48.5 Å². The molecule has 0 spiro atoms. The molecule has 0 N–H and O–H groups in total. The Kier molecular flexibility index (Phi) is 5.09. The van der Waals surface area contributed by atoms with Crippen LogP contribution in [0, 0.1) is 5.82 Å². The molecule has 3 aromatic rings. The van der Waals surface area contributed by atoms with E-state index in [4.69, 9.17) is 16.6 Å². The van der Waals surface area contributed by atoms with Crippen molar-refractivity contribution in [1.82, 2.24) is 14.9 Å². The van der Waals surface area contributed by atoms with Crippen molar-refractivity contribution < 1.29 is 9.18 Å². The Bertz CT molecular complexity index is 1040. The van der Waals surface area contributed by atoms with Crippen LogP contribution >= 0.6 is 11.6 Å². The molecule has 0 aliphatic carbocycles. The SMILES string of the molecule is CCc1nc2c(c(-c3ccc(Cl)cc3)n1)CN(C(=O)c1ccccc1F)CC2. The lowest BCUT2D eigenvalue weighted by Crippen LogP contribution is -2.37. The summed E-state index contributed by atoms with van der Waals surface area (Å²) in [4.78, 5) is 23.9. The van der Waals surface area contributed by atoms with Gasteiger partial charge in [-0.3, -0.25) is 4.79 Å². The number of hydrogen-bond acceptors (Lipinski definition) is 3. The van der Waals surface area contributed by atoms with E-state index in [0.29, 0.717) is 24.5 Å². The number of benzene rings is 2. The van der Waals surface area contributed by atoms with Crippen molar-refractivity contribution >= 4 is 17.5 Å². The van der Waals surface area contributed by atoms with Gasteiger partial charge in [0.15, 0.2) is 0 Å². The summed E-state index contributed by atoms with van der Waals surface area (Å²) < 4.78 is 14.1. The highest BCUT2D eigenvalue weighted by atomic mass is 35.5. The summed E-state index contributed by atoms with van der Waals surface area (Å²) in [6.07, 6.45) is 1.34. The predicted octanol–water partition coefficient (Wildman–Crippen LogP) is 4.70. The van der Waals surface area contributed by atoms with Gasteiger partial charge in [-0.15, -0.1) is 0 Å². The molecule has 4 nitrogen and oxygen atoms in total. The summed E-state index contributed by atoms with van der Waals surface area (Å²) in [5, 5.41) is 0.652. The molecule has 28 heavy (non-hydrogen) atoms. The smallest absolute Gasteiger partial charge is 0.257 e. The van der Waals surface area contributed by atoms with E-state index in [1.165, 1.54) is 12.1 Å². The summed E-state index contributed by atoms with van der Waals surface area (Å²) in [6.45, 7) is 2.87. The minimum Gasteiger partial charge on any atom is -0.334 e. The van der Waals surface area contributed by atoms with Crippen LogP contribution in [0.3, 0.4) is 0 Å². The first-order valence-electron chi connectivity index (χ1n) is 9.25. The fraction of sp³-hybridized carbons (Fsp3) is 0.227. The molecule has 1 amide bonds. The van der Waals surface area contributed by atoms with E-state index < -0.39 is 5.82 Å². The van der Waals surface area contributed by atoms with Crippen LogP contribution < -0.4 is 0 Å². The molecule has 0 atom stereocenters. The maximum atomic E-state index is 14.1. The number of amides is 1. The molecule has 1 aliphatic heterocycles. The first kappa shape index (κ1) is 18.6. The predicted molar refractivity (Wildman–Crippen MR) is 107 cm³/mol. The zero-order chi connectivity index (χ0) is 19.7. The highest BCUT2D eigenvalue weighted by Gasteiger charge is 2.27. The molecular weight excluding hydrogens is 377 g/mol. The van der Waals surface area contributed by atoms with Gasteiger partial charge >= 0.3 is 0 Å². The molecule has 0 unspecified atom stereocenters. The lowest BCUT2D eigenvalue weighted by Gasteiger charge is -2.30. The number of rotatable bonds is 3. The molecule has 0 saturated heterocycles. The zero-order valence-corrected chi connectivity index (χ0v) is 16.2. The van der Waals surface area contributed by atoms with Crippen LogP contribution in [0.4, 0.5) is 4.39 Å². The average Bonchev–Trinajstić information content (AvgIpc) is 2.73. The van der Waals surface area contributed by atoms with Crippen LogP contribution in [0.5, 0.6) is 0 Å². The van der Waals surface area contributed by atoms with Crippen molar-refractivity contribution in [2.75, 3.05) is 6.54 Å². The van der Waals surface area contributed by atoms with Gasteiger partial charge in [0.2, 0.25) is 0 Å². The second kappa shape index (κ2) is 7.68. The molecule has 1 aromatic heterocycles. The molecule has 0 bridgehead atoms. The molecule has 0 saturated carbocycles. The maximum absolute atomic E-state index is 14.1. The standard InChI is InChI=1S/C22H19ClFN3O/c1-2-20-25-19-11-12-27(22(28)16-5-3-4-6-18(16)24)13-17(19)21(26-20)14-7-9-15(23)10-8-14/h3-10H,2,11-13H2,1H3. The van der Waals surface area contributed by atoms with E-state index in [2.05, 4.69) is 4.98 Å². The number of carbonyl (C=O) groups is 1. The fourth-order valence-electron chi connectivity index (χ4n) is 3.45. The van der Waals surface area contributed by atoms with E-state index in [1.54, 1.807) is 17.0 Å². The van der Waals surface area contributed by atoms with Gasteiger partial charge < -0.3 is 4.90 Å². The molecule has 142 valence electrons. The summed E-state index contributed by atoms with van der Waals surface area (Å²) in [5.74, 6) is -0.0447. The van der Waals surface area contributed by atoms with E-state index >= 15 is 0 Å². The van der Waals surface area contributed by atoms with Gasteiger partial charge in [0, 0.05) is 42.1 Å². The summed E-state index contributed by atoms with van der Waals surface area (Å²) in [6, 6.07) is 13.6. The quantitative estimate of drug-likeness (QED) is 0.646. The zero-order valence-electron chi connectivity index (χ0n) is 15.5. The lowest BCUT2D eigenvalue weighted by molar-refractivity contribution is 0.0729. The summed E-state index contributed by atoms with van der Waals surface area (Å²) in [5.41, 5.74) is 3.69. The van der Waals surface area contributed by atoms with Gasteiger partial charge in [0.25, 0.3) is 5.91 Å². The second-order valence-corrected chi connectivity index (χ2v) is 7.17. The minimum absolute atomic E-state index is 0.0880. The largest absolute Gasteiger partial charge is 0.334 e. The highest BCUT2D eigenvalue weighted by molar-refractivity contribution is 6.30. The molecular formula is C22H19ClFN3O. The summed E-state index contributed by atoms with van der Waals surface area (Å²) in [7, 11) is 0. The van der Waals surface area contributed by atoms with E-state index in [-0.39, 0.29) is 11.5 Å². The Balaban J connectivity index is 1.74. The van der Waals surface area contributed by atoms with Gasteiger partial charge in [-0.05, 0) is 24.3 Å².